The van der Waals surface area contributed by atoms with Gasteiger partial charge >= 0.3 is 0 Å². The van der Waals surface area contributed by atoms with Crippen LogP contribution in [0.4, 0.5) is 0 Å². The van der Waals surface area contributed by atoms with Crippen LogP contribution in [0.3, 0.4) is 0 Å². The number of rotatable bonds is 19. The van der Waals surface area contributed by atoms with Gasteiger partial charge in [0.15, 0.2) is 0 Å². The summed E-state index contributed by atoms with van der Waals surface area (Å²) in [5, 5.41) is 0. The van der Waals surface area contributed by atoms with Crippen molar-refractivity contribution >= 4 is 0 Å². The molecule has 1 unspecified atom stereocenters. The summed E-state index contributed by atoms with van der Waals surface area (Å²) in [4.78, 5) is 0. The van der Waals surface area contributed by atoms with E-state index in [2.05, 4.69) is 6.92 Å². The maximum absolute atomic E-state index is 5.62. The Labute approximate surface area is 145 Å². The summed E-state index contributed by atoms with van der Waals surface area (Å²) < 4.78 is 10.8. The molecule has 0 aromatic carbocycles. The lowest BCUT2D eigenvalue weighted by molar-refractivity contribution is 0.121. The topological polar surface area (TPSA) is 21.8 Å². The van der Waals surface area contributed by atoms with Gasteiger partial charge in [-0.3, -0.25) is 0 Å². The fourth-order valence-corrected chi connectivity index (χ4v) is 3.13. The Kier molecular flexibility index (Phi) is 15.3. The first-order valence-electron chi connectivity index (χ1n) is 10.6. The molecule has 23 heavy (non-hydrogen) atoms. The van der Waals surface area contributed by atoms with Gasteiger partial charge in [0, 0.05) is 13.2 Å². The van der Waals surface area contributed by atoms with E-state index in [0.29, 0.717) is 6.10 Å². The predicted molar refractivity (Wildman–Crippen MR) is 100 cm³/mol. The lowest BCUT2D eigenvalue weighted by atomic mass is 10.0. The van der Waals surface area contributed by atoms with E-state index in [1.165, 1.54) is 96.3 Å². The average Bonchev–Trinajstić information content (AvgIpc) is 3.38. The van der Waals surface area contributed by atoms with Gasteiger partial charge in [0.2, 0.25) is 0 Å². The molecule has 0 N–H and O–H groups in total. The minimum atomic E-state index is 0.524. The molecule has 1 atom stereocenters. The molecule has 1 fully saturated rings. The van der Waals surface area contributed by atoms with Crippen LogP contribution >= 0.6 is 0 Å². The van der Waals surface area contributed by atoms with E-state index in [-0.39, 0.29) is 0 Å². The lowest BCUT2D eigenvalue weighted by Gasteiger charge is -2.04. The first-order valence-corrected chi connectivity index (χ1v) is 10.6. The fourth-order valence-electron chi connectivity index (χ4n) is 3.13. The van der Waals surface area contributed by atoms with E-state index in [0.717, 1.165) is 26.2 Å². The predicted octanol–water partition coefficient (Wildman–Crippen LogP) is 6.66. The van der Waals surface area contributed by atoms with Gasteiger partial charge in [-0.1, -0.05) is 96.8 Å². The monoisotopic (exact) mass is 326 g/mol. The van der Waals surface area contributed by atoms with Crippen LogP contribution in [0.2, 0.25) is 0 Å². The SMILES string of the molecule is CCCCCCCCCCCCCCCCCOCCC1CO1. The van der Waals surface area contributed by atoms with Crippen molar-refractivity contribution < 1.29 is 9.47 Å². The molecule has 0 amide bonds. The molecule has 1 heterocycles. The van der Waals surface area contributed by atoms with E-state index in [1.54, 1.807) is 0 Å². The minimum absolute atomic E-state index is 0.524. The number of unbranched alkanes of at least 4 members (excludes halogenated alkanes) is 14. The first kappa shape index (κ1) is 21.0. The summed E-state index contributed by atoms with van der Waals surface area (Å²) in [5.41, 5.74) is 0. The quantitative estimate of drug-likeness (QED) is 0.195. The Bertz CT molecular complexity index is 226. The molecular weight excluding hydrogens is 284 g/mol. The molecule has 2 heteroatoms. The Balaban J connectivity index is 1.59. The van der Waals surface area contributed by atoms with Crippen molar-refractivity contribution in [3.63, 3.8) is 0 Å². The molecule has 1 aliphatic rings. The van der Waals surface area contributed by atoms with Crippen molar-refractivity contribution in [1.82, 2.24) is 0 Å². The highest BCUT2D eigenvalue weighted by atomic mass is 16.6. The highest BCUT2D eigenvalue weighted by molar-refractivity contribution is 4.67. The largest absolute Gasteiger partial charge is 0.381 e. The number of ether oxygens (including phenoxy) is 2. The molecule has 138 valence electrons. The van der Waals surface area contributed by atoms with Crippen LogP contribution in [0.5, 0.6) is 0 Å². The van der Waals surface area contributed by atoms with Gasteiger partial charge in [-0.15, -0.1) is 0 Å². The standard InChI is InChI=1S/C21H42O2/c1-2-3-4-5-6-7-8-9-10-11-12-13-14-15-16-18-22-19-17-21-20-23-21/h21H,2-20H2,1H3. The van der Waals surface area contributed by atoms with Crippen molar-refractivity contribution in [2.75, 3.05) is 19.8 Å². The third kappa shape index (κ3) is 16.6. The summed E-state index contributed by atoms with van der Waals surface area (Å²) in [7, 11) is 0. The van der Waals surface area contributed by atoms with Crippen LogP contribution in [0.1, 0.15) is 110 Å². The Morgan fingerprint density at radius 1 is 0.652 bits per heavy atom. The van der Waals surface area contributed by atoms with Gasteiger partial charge in [0.25, 0.3) is 0 Å². The summed E-state index contributed by atoms with van der Waals surface area (Å²) >= 11 is 0. The van der Waals surface area contributed by atoms with Crippen molar-refractivity contribution in [2.24, 2.45) is 0 Å². The van der Waals surface area contributed by atoms with Crippen LogP contribution in [-0.2, 0) is 9.47 Å². The van der Waals surface area contributed by atoms with Crippen LogP contribution in [-0.4, -0.2) is 25.9 Å². The van der Waals surface area contributed by atoms with Crippen LogP contribution in [0.15, 0.2) is 0 Å². The summed E-state index contributed by atoms with van der Waals surface area (Å²) in [6, 6.07) is 0. The number of hydrogen-bond acceptors (Lipinski definition) is 2. The van der Waals surface area contributed by atoms with E-state index in [9.17, 15) is 0 Å². The third-order valence-electron chi connectivity index (χ3n) is 4.88. The lowest BCUT2D eigenvalue weighted by Crippen LogP contribution is -2.00. The zero-order valence-corrected chi connectivity index (χ0v) is 15.8. The first-order chi connectivity index (χ1) is 11.4. The number of epoxide rings is 1. The van der Waals surface area contributed by atoms with Crippen molar-refractivity contribution in [3.8, 4) is 0 Å². The van der Waals surface area contributed by atoms with Gasteiger partial charge in [-0.05, 0) is 12.8 Å². The summed E-state index contributed by atoms with van der Waals surface area (Å²) in [6.07, 6.45) is 23.0. The molecule has 1 rings (SSSR count). The second-order valence-electron chi connectivity index (χ2n) is 7.31. The van der Waals surface area contributed by atoms with Crippen molar-refractivity contribution in [3.05, 3.63) is 0 Å². The molecule has 2 nitrogen and oxygen atoms in total. The van der Waals surface area contributed by atoms with Crippen LogP contribution in [0.25, 0.3) is 0 Å². The second-order valence-corrected chi connectivity index (χ2v) is 7.31. The zero-order chi connectivity index (χ0) is 16.4. The highest BCUT2D eigenvalue weighted by Gasteiger charge is 2.21. The molecule has 0 radical (unpaired) electrons. The molecule has 1 aliphatic heterocycles. The molecular formula is C21H42O2. The van der Waals surface area contributed by atoms with E-state index < -0.39 is 0 Å². The zero-order valence-electron chi connectivity index (χ0n) is 15.8. The molecule has 0 saturated carbocycles. The molecule has 1 saturated heterocycles. The average molecular weight is 327 g/mol. The Hall–Kier alpha value is -0.0800. The van der Waals surface area contributed by atoms with Gasteiger partial charge in [0.1, 0.15) is 0 Å². The van der Waals surface area contributed by atoms with Crippen LogP contribution < -0.4 is 0 Å². The maximum Gasteiger partial charge on any atom is 0.0831 e. The van der Waals surface area contributed by atoms with Gasteiger partial charge in [-0.2, -0.15) is 0 Å². The summed E-state index contributed by atoms with van der Waals surface area (Å²) in [5.74, 6) is 0. The molecule has 0 spiro atoms. The molecule has 0 bridgehead atoms. The van der Waals surface area contributed by atoms with Gasteiger partial charge in [-0.25, -0.2) is 0 Å². The maximum atomic E-state index is 5.62. The molecule has 0 aromatic rings. The second kappa shape index (κ2) is 16.8. The van der Waals surface area contributed by atoms with Crippen molar-refractivity contribution in [1.29, 1.82) is 0 Å². The van der Waals surface area contributed by atoms with Crippen molar-refractivity contribution in [2.45, 2.75) is 116 Å². The summed E-state index contributed by atoms with van der Waals surface area (Å²) in [6.45, 7) is 5.09. The Morgan fingerprint density at radius 3 is 1.52 bits per heavy atom. The van der Waals surface area contributed by atoms with Gasteiger partial charge < -0.3 is 9.47 Å². The molecule has 0 aromatic heterocycles. The van der Waals surface area contributed by atoms with E-state index in [1.807, 2.05) is 0 Å². The third-order valence-corrected chi connectivity index (χ3v) is 4.88. The number of hydrogen-bond donors (Lipinski definition) is 0. The van der Waals surface area contributed by atoms with E-state index in [4.69, 9.17) is 9.47 Å². The van der Waals surface area contributed by atoms with E-state index >= 15 is 0 Å². The fraction of sp³-hybridized carbons (Fsp3) is 1.00. The highest BCUT2D eigenvalue weighted by Crippen LogP contribution is 2.14. The molecule has 0 aliphatic carbocycles. The Morgan fingerprint density at radius 2 is 1.09 bits per heavy atom. The van der Waals surface area contributed by atoms with Gasteiger partial charge in [0.05, 0.1) is 12.7 Å². The van der Waals surface area contributed by atoms with Crippen LogP contribution in [0, 0.1) is 0 Å². The minimum Gasteiger partial charge on any atom is -0.381 e. The smallest absolute Gasteiger partial charge is 0.0831 e. The normalized spacial score (nSPS) is 16.8.